The number of nitrogens with one attached hydrogen (secondary N) is 2. The van der Waals surface area contributed by atoms with Gasteiger partial charge in [0.15, 0.2) is 15.6 Å². The van der Waals surface area contributed by atoms with Crippen LogP contribution < -0.4 is 20.5 Å². The Morgan fingerprint density at radius 2 is 1.73 bits per heavy atom. The smallest absolute Gasteiger partial charge is 0.341 e. The van der Waals surface area contributed by atoms with Gasteiger partial charge in [0.05, 0.1) is 18.0 Å². The number of nitrogens with zero attached hydrogens (tertiary/aromatic N) is 1. The van der Waals surface area contributed by atoms with Crippen LogP contribution in [0.25, 0.3) is 0 Å². The van der Waals surface area contributed by atoms with Crippen LogP contribution in [0.3, 0.4) is 0 Å². The number of hydrazine groups is 1. The lowest BCUT2D eigenvalue weighted by Gasteiger charge is -2.22. The first-order chi connectivity index (χ1) is 14.2. The number of carbonyl (C=O) groups excluding carboxylic acids is 2. The van der Waals surface area contributed by atoms with Crippen molar-refractivity contribution in [3.05, 3.63) is 52.0 Å². The molecule has 30 heavy (non-hydrogen) atoms. The van der Waals surface area contributed by atoms with Gasteiger partial charge in [-0.05, 0) is 36.4 Å². The number of benzene rings is 2. The van der Waals surface area contributed by atoms with E-state index in [9.17, 15) is 18.0 Å². The zero-order chi connectivity index (χ0) is 21.9. The van der Waals surface area contributed by atoms with Gasteiger partial charge in [-0.2, -0.15) is 0 Å². The first-order valence-electron chi connectivity index (χ1n) is 9.01. The Labute approximate surface area is 184 Å². The second-order valence-electron chi connectivity index (χ2n) is 6.52. The van der Waals surface area contributed by atoms with Crippen molar-refractivity contribution in [2.24, 2.45) is 0 Å². The van der Waals surface area contributed by atoms with E-state index in [4.69, 9.17) is 27.9 Å². The van der Waals surface area contributed by atoms with Crippen LogP contribution in [-0.2, 0) is 21.2 Å². The van der Waals surface area contributed by atoms with Crippen LogP contribution in [0.15, 0.2) is 36.4 Å². The molecule has 0 spiro atoms. The zero-order valence-electron chi connectivity index (χ0n) is 15.9. The SMILES string of the molecule is CCS(=O)(=O)CCC(=O)NNC(=O)N1Cc2cc(Cl)ccc2Oc2ccc(Cl)cc21. The molecule has 0 fully saturated rings. The molecule has 3 amide bonds. The van der Waals surface area contributed by atoms with Gasteiger partial charge >= 0.3 is 6.03 Å². The van der Waals surface area contributed by atoms with Gasteiger partial charge in [-0.1, -0.05) is 30.1 Å². The van der Waals surface area contributed by atoms with Crippen molar-refractivity contribution in [2.75, 3.05) is 16.4 Å². The lowest BCUT2D eigenvalue weighted by Crippen LogP contribution is -2.49. The van der Waals surface area contributed by atoms with Gasteiger partial charge in [0, 0.05) is 27.8 Å². The molecule has 3 rings (SSSR count). The number of hydrogen-bond donors (Lipinski definition) is 2. The maximum atomic E-state index is 12.8. The van der Waals surface area contributed by atoms with Crippen molar-refractivity contribution in [1.82, 2.24) is 10.9 Å². The lowest BCUT2D eigenvalue weighted by molar-refractivity contribution is -0.121. The van der Waals surface area contributed by atoms with Gasteiger partial charge in [-0.3, -0.25) is 15.1 Å². The summed E-state index contributed by atoms with van der Waals surface area (Å²) in [5.41, 5.74) is 5.59. The summed E-state index contributed by atoms with van der Waals surface area (Å²) >= 11 is 12.2. The molecule has 0 saturated heterocycles. The van der Waals surface area contributed by atoms with Crippen molar-refractivity contribution >= 4 is 50.7 Å². The second kappa shape index (κ2) is 9.11. The lowest BCUT2D eigenvalue weighted by atomic mass is 10.2. The Morgan fingerprint density at radius 3 is 2.43 bits per heavy atom. The van der Waals surface area contributed by atoms with Crippen molar-refractivity contribution in [2.45, 2.75) is 19.9 Å². The third kappa shape index (κ3) is 5.35. The molecule has 8 nitrogen and oxygen atoms in total. The van der Waals surface area contributed by atoms with E-state index in [1.807, 2.05) is 0 Å². The van der Waals surface area contributed by atoms with E-state index in [1.54, 1.807) is 36.4 Å². The van der Waals surface area contributed by atoms with E-state index >= 15 is 0 Å². The molecule has 1 aliphatic heterocycles. The summed E-state index contributed by atoms with van der Waals surface area (Å²) in [6.07, 6.45) is -0.263. The summed E-state index contributed by atoms with van der Waals surface area (Å²) in [7, 11) is -3.29. The summed E-state index contributed by atoms with van der Waals surface area (Å²) in [5.74, 6) is -0.0446. The molecule has 0 aromatic heterocycles. The Morgan fingerprint density at radius 1 is 1.07 bits per heavy atom. The minimum Gasteiger partial charge on any atom is -0.455 e. The second-order valence-corrected chi connectivity index (χ2v) is 9.86. The number of carbonyl (C=O) groups is 2. The molecular formula is C19H19Cl2N3O5S. The molecule has 11 heteroatoms. The maximum absolute atomic E-state index is 12.8. The van der Waals surface area contributed by atoms with Crippen molar-refractivity contribution < 1.29 is 22.7 Å². The number of fused-ring (bicyclic) bond motifs is 2. The van der Waals surface area contributed by atoms with E-state index in [2.05, 4.69) is 10.9 Å². The average Bonchev–Trinajstić information content (AvgIpc) is 2.87. The summed E-state index contributed by atoms with van der Waals surface area (Å²) < 4.78 is 29.0. The molecule has 0 saturated carbocycles. The monoisotopic (exact) mass is 471 g/mol. The number of anilines is 1. The molecule has 1 heterocycles. The largest absolute Gasteiger partial charge is 0.455 e. The Hall–Kier alpha value is -2.49. The quantitative estimate of drug-likeness (QED) is 0.661. The van der Waals surface area contributed by atoms with Crippen LogP contribution in [0.4, 0.5) is 10.5 Å². The van der Waals surface area contributed by atoms with Crippen LogP contribution in [0.2, 0.25) is 10.0 Å². The number of rotatable bonds is 4. The van der Waals surface area contributed by atoms with Crippen LogP contribution in [0.1, 0.15) is 18.9 Å². The van der Waals surface area contributed by atoms with Crippen LogP contribution in [0.5, 0.6) is 11.5 Å². The van der Waals surface area contributed by atoms with E-state index in [1.165, 1.54) is 11.8 Å². The topological polar surface area (TPSA) is 105 Å². The summed E-state index contributed by atoms with van der Waals surface area (Å²) in [5, 5.41) is 0.875. The standard InChI is InChI=1S/C19H19Cl2N3O5S/c1-2-30(27,28)8-7-18(25)22-23-19(26)24-11-12-9-13(20)3-5-16(12)29-17-6-4-14(21)10-15(17)24/h3-6,9-10H,2,7-8,11H2,1H3,(H,22,25)(H,23,26). The minimum atomic E-state index is -3.29. The summed E-state index contributed by atoms with van der Waals surface area (Å²) in [6, 6.07) is 9.24. The van der Waals surface area contributed by atoms with E-state index in [0.717, 1.165) is 0 Å². The van der Waals surface area contributed by atoms with Gasteiger partial charge in [-0.25, -0.2) is 18.6 Å². The maximum Gasteiger partial charge on any atom is 0.341 e. The molecular weight excluding hydrogens is 453 g/mol. The molecule has 2 aromatic rings. The minimum absolute atomic E-state index is 0.0556. The first kappa shape index (κ1) is 22.2. The van der Waals surface area contributed by atoms with Crippen LogP contribution >= 0.6 is 23.2 Å². The Bertz CT molecular complexity index is 1090. The molecule has 1 aliphatic rings. The third-order valence-corrected chi connectivity index (χ3v) is 6.59. The predicted octanol–water partition coefficient (Wildman–Crippen LogP) is 3.67. The first-order valence-corrected chi connectivity index (χ1v) is 11.6. The average molecular weight is 472 g/mol. The van der Waals surface area contributed by atoms with Gasteiger partial charge in [0.25, 0.3) is 0 Å². The molecule has 2 aromatic carbocycles. The highest BCUT2D eigenvalue weighted by molar-refractivity contribution is 7.91. The highest BCUT2D eigenvalue weighted by Gasteiger charge is 2.26. The fourth-order valence-electron chi connectivity index (χ4n) is 2.76. The number of sulfone groups is 1. The van der Waals surface area contributed by atoms with E-state index in [0.29, 0.717) is 32.8 Å². The normalized spacial score (nSPS) is 12.8. The third-order valence-electron chi connectivity index (χ3n) is 4.42. The van der Waals surface area contributed by atoms with Gasteiger partial charge in [-0.15, -0.1) is 0 Å². The molecule has 0 radical (unpaired) electrons. The molecule has 0 unspecified atom stereocenters. The summed E-state index contributed by atoms with van der Waals surface area (Å²) in [6.45, 7) is 1.61. The highest BCUT2D eigenvalue weighted by atomic mass is 35.5. The van der Waals surface area contributed by atoms with Gasteiger partial charge in [0.2, 0.25) is 5.91 Å². The number of urea groups is 1. The fraction of sp³-hybridized carbons (Fsp3) is 0.263. The van der Waals surface area contributed by atoms with Gasteiger partial charge < -0.3 is 4.74 Å². The number of amides is 3. The van der Waals surface area contributed by atoms with Crippen molar-refractivity contribution in [3.63, 3.8) is 0 Å². The number of halogens is 2. The number of hydrogen-bond acceptors (Lipinski definition) is 5. The molecule has 0 bridgehead atoms. The molecule has 0 atom stereocenters. The van der Waals surface area contributed by atoms with Gasteiger partial charge in [0.1, 0.15) is 5.75 Å². The predicted molar refractivity (Wildman–Crippen MR) is 115 cm³/mol. The molecule has 160 valence electrons. The highest BCUT2D eigenvalue weighted by Crippen LogP contribution is 2.41. The fourth-order valence-corrected chi connectivity index (χ4v) is 3.91. The van der Waals surface area contributed by atoms with Crippen LogP contribution in [0, 0.1) is 0 Å². The van der Waals surface area contributed by atoms with Crippen molar-refractivity contribution in [3.8, 4) is 11.5 Å². The Kier molecular flexibility index (Phi) is 6.74. The summed E-state index contributed by atoms with van der Waals surface area (Å²) in [4.78, 5) is 26.1. The molecule has 2 N–H and O–H groups in total. The number of ether oxygens (including phenoxy) is 1. The van der Waals surface area contributed by atoms with Crippen molar-refractivity contribution in [1.29, 1.82) is 0 Å². The molecule has 0 aliphatic carbocycles. The van der Waals surface area contributed by atoms with Crippen LogP contribution in [-0.4, -0.2) is 31.9 Å². The van der Waals surface area contributed by atoms with E-state index < -0.39 is 21.8 Å². The van der Waals surface area contributed by atoms with E-state index in [-0.39, 0.29) is 24.5 Å². The zero-order valence-corrected chi connectivity index (χ0v) is 18.3. The Balaban J connectivity index is 1.78.